The maximum absolute atomic E-state index is 4.96. The predicted octanol–water partition coefficient (Wildman–Crippen LogP) is 3.11. The summed E-state index contributed by atoms with van der Waals surface area (Å²) in [5, 5.41) is 4.96. The number of hydrogen-bond donors (Lipinski definition) is 0. The van der Waals surface area contributed by atoms with Crippen LogP contribution in [0.5, 0.6) is 0 Å². The van der Waals surface area contributed by atoms with E-state index in [4.69, 9.17) is 5.32 Å². The SMILES string of the molecule is c1ccc(C2(c3cccnc3)CCCC[N]2)cc1. The van der Waals surface area contributed by atoms with Crippen molar-refractivity contribution in [2.45, 2.75) is 24.8 Å². The van der Waals surface area contributed by atoms with Gasteiger partial charge in [-0.1, -0.05) is 36.4 Å². The van der Waals surface area contributed by atoms with Gasteiger partial charge in [0.1, 0.15) is 0 Å². The average molecular weight is 237 g/mol. The van der Waals surface area contributed by atoms with Crippen LogP contribution in [-0.4, -0.2) is 11.5 Å². The van der Waals surface area contributed by atoms with E-state index in [1.165, 1.54) is 24.0 Å². The molecule has 2 aromatic rings. The Morgan fingerprint density at radius 3 is 2.39 bits per heavy atom. The molecule has 1 aliphatic heterocycles. The average Bonchev–Trinajstić information content (AvgIpc) is 2.50. The molecule has 1 unspecified atom stereocenters. The van der Waals surface area contributed by atoms with Crippen molar-refractivity contribution in [3.8, 4) is 0 Å². The van der Waals surface area contributed by atoms with Gasteiger partial charge >= 0.3 is 0 Å². The Morgan fingerprint density at radius 1 is 0.889 bits per heavy atom. The minimum atomic E-state index is -0.173. The van der Waals surface area contributed by atoms with Gasteiger partial charge in [0.05, 0.1) is 5.54 Å². The molecule has 0 saturated carbocycles. The molecule has 0 spiro atoms. The van der Waals surface area contributed by atoms with Crippen molar-refractivity contribution in [2.24, 2.45) is 0 Å². The lowest BCUT2D eigenvalue weighted by Gasteiger charge is -2.37. The van der Waals surface area contributed by atoms with E-state index < -0.39 is 0 Å². The third-order valence-corrected chi connectivity index (χ3v) is 3.72. The fraction of sp³-hybridized carbons (Fsp3) is 0.312. The highest BCUT2D eigenvalue weighted by Gasteiger charge is 2.36. The van der Waals surface area contributed by atoms with Gasteiger partial charge in [0.25, 0.3) is 0 Å². The van der Waals surface area contributed by atoms with Crippen LogP contribution in [0.2, 0.25) is 0 Å². The molecule has 0 N–H and O–H groups in total. The number of hydrogen-bond acceptors (Lipinski definition) is 1. The molecule has 1 saturated heterocycles. The van der Waals surface area contributed by atoms with Gasteiger partial charge in [-0.3, -0.25) is 4.98 Å². The van der Waals surface area contributed by atoms with Gasteiger partial charge in [-0.2, -0.15) is 0 Å². The zero-order valence-corrected chi connectivity index (χ0v) is 10.4. The first-order chi connectivity index (χ1) is 8.92. The zero-order valence-electron chi connectivity index (χ0n) is 10.4. The zero-order chi connectivity index (χ0) is 12.3. The van der Waals surface area contributed by atoms with Gasteiger partial charge in [-0.15, -0.1) is 0 Å². The van der Waals surface area contributed by atoms with Crippen LogP contribution in [0.15, 0.2) is 54.9 Å². The van der Waals surface area contributed by atoms with Crippen LogP contribution < -0.4 is 5.32 Å². The van der Waals surface area contributed by atoms with Crippen LogP contribution in [0.1, 0.15) is 30.4 Å². The molecule has 0 bridgehead atoms. The highest BCUT2D eigenvalue weighted by molar-refractivity contribution is 5.37. The molecule has 1 aliphatic rings. The number of nitrogens with zero attached hydrogens (tertiary/aromatic N) is 2. The smallest absolute Gasteiger partial charge is 0.0869 e. The highest BCUT2D eigenvalue weighted by Crippen LogP contribution is 2.37. The van der Waals surface area contributed by atoms with E-state index in [-0.39, 0.29) is 5.54 Å². The second kappa shape index (κ2) is 4.91. The normalized spacial score (nSPS) is 23.8. The lowest BCUT2D eigenvalue weighted by atomic mass is 9.77. The maximum Gasteiger partial charge on any atom is 0.0869 e. The Hall–Kier alpha value is -1.67. The number of aromatic nitrogens is 1. The Labute approximate surface area is 108 Å². The van der Waals surface area contributed by atoms with Crippen molar-refractivity contribution in [1.29, 1.82) is 0 Å². The summed E-state index contributed by atoms with van der Waals surface area (Å²) in [5.74, 6) is 0. The molecule has 2 nitrogen and oxygen atoms in total. The first-order valence-corrected chi connectivity index (χ1v) is 6.56. The molecule has 0 amide bonds. The Bertz CT molecular complexity index is 446. The predicted molar refractivity (Wildman–Crippen MR) is 72.3 cm³/mol. The van der Waals surface area contributed by atoms with E-state index in [0.29, 0.717) is 0 Å². The molecule has 2 heterocycles. The van der Waals surface area contributed by atoms with Gasteiger partial charge in [0, 0.05) is 18.9 Å². The lowest BCUT2D eigenvalue weighted by Crippen LogP contribution is -2.41. The quantitative estimate of drug-likeness (QED) is 0.788. The Kier molecular flexibility index (Phi) is 3.11. The Balaban J connectivity index is 2.10. The first-order valence-electron chi connectivity index (χ1n) is 6.56. The molecule has 3 rings (SSSR count). The molecule has 2 heteroatoms. The monoisotopic (exact) mass is 237 g/mol. The third-order valence-electron chi connectivity index (χ3n) is 3.72. The third kappa shape index (κ3) is 1.93. The summed E-state index contributed by atoms with van der Waals surface area (Å²) < 4.78 is 0. The van der Waals surface area contributed by atoms with Gasteiger partial charge in [-0.05, 0) is 36.5 Å². The van der Waals surface area contributed by atoms with E-state index in [1.807, 2.05) is 18.5 Å². The Morgan fingerprint density at radius 2 is 1.72 bits per heavy atom. The van der Waals surface area contributed by atoms with Crippen molar-refractivity contribution in [3.63, 3.8) is 0 Å². The summed E-state index contributed by atoms with van der Waals surface area (Å²) in [6.45, 7) is 0.948. The number of rotatable bonds is 2. The summed E-state index contributed by atoms with van der Waals surface area (Å²) in [6.07, 6.45) is 7.30. The fourth-order valence-electron chi connectivity index (χ4n) is 2.80. The van der Waals surface area contributed by atoms with Gasteiger partial charge in [0.15, 0.2) is 0 Å². The molecule has 1 radical (unpaired) electrons. The maximum atomic E-state index is 4.96. The van der Waals surface area contributed by atoms with E-state index in [2.05, 4.69) is 41.4 Å². The van der Waals surface area contributed by atoms with Crippen LogP contribution in [0.4, 0.5) is 0 Å². The van der Waals surface area contributed by atoms with Crippen molar-refractivity contribution in [3.05, 3.63) is 66.0 Å². The van der Waals surface area contributed by atoms with Gasteiger partial charge < -0.3 is 0 Å². The number of pyridine rings is 1. The molecular formula is C16H17N2. The molecule has 1 aromatic carbocycles. The van der Waals surface area contributed by atoms with Crippen molar-refractivity contribution in [2.75, 3.05) is 6.54 Å². The number of piperidine rings is 1. The highest BCUT2D eigenvalue weighted by atomic mass is 15.0. The fourth-order valence-corrected chi connectivity index (χ4v) is 2.80. The molecule has 91 valence electrons. The minimum Gasteiger partial charge on any atom is -0.264 e. The minimum absolute atomic E-state index is 0.173. The molecule has 0 aliphatic carbocycles. The van der Waals surface area contributed by atoms with E-state index in [1.54, 1.807) is 0 Å². The molecule has 1 fully saturated rings. The van der Waals surface area contributed by atoms with Crippen LogP contribution in [0, 0.1) is 0 Å². The molecule has 1 aromatic heterocycles. The first kappa shape index (κ1) is 11.4. The summed E-state index contributed by atoms with van der Waals surface area (Å²) in [4.78, 5) is 4.27. The second-order valence-corrected chi connectivity index (χ2v) is 4.81. The molecular weight excluding hydrogens is 220 g/mol. The summed E-state index contributed by atoms with van der Waals surface area (Å²) in [5.41, 5.74) is 2.34. The summed E-state index contributed by atoms with van der Waals surface area (Å²) >= 11 is 0. The largest absolute Gasteiger partial charge is 0.264 e. The molecule has 1 atom stereocenters. The van der Waals surface area contributed by atoms with Crippen molar-refractivity contribution < 1.29 is 0 Å². The standard InChI is InChI=1S/C16H17N2/c1-2-7-14(8-3-1)16(10-4-5-12-18-16)15-9-6-11-17-13-15/h1-3,6-9,11,13H,4-5,10,12H2. The van der Waals surface area contributed by atoms with E-state index in [9.17, 15) is 0 Å². The van der Waals surface area contributed by atoms with Gasteiger partial charge in [0.2, 0.25) is 0 Å². The molecule has 18 heavy (non-hydrogen) atoms. The van der Waals surface area contributed by atoms with Gasteiger partial charge in [-0.25, -0.2) is 5.32 Å². The van der Waals surface area contributed by atoms with Crippen LogP contribution >= 0.6 is 0 Å². The van der Waals surface area contributed by atoms with E-state index >= 15 is 0 Å². The van der Waals surface area contributed by atoms with Crippen molar-refractivity contribution >= 4 is 0 Å². The number of benzene rings is 1. The van der Waals surface area contributed by atoms with E-state index in [0.717, 1.165) is 13.0 Å². The van der Waals surface area contributed by atoms with Crippen LogP contribution in [0.3, 0.4) is 0 Å². The lowest BCUT2D eigenvalue weighted by molar-refractivity contribution is 0.301. The van der Waals surface area contributed by atoms with Crippen molar-refractivity contribution in [1.82, 2.24) is 10.3 Å². The summed E-state index contributed by atoms with van der Waals surface area (Å²) in [6, 6.07) is 14.8. The second-order valence-electron chi connectivity index (χ2n) is 4.81. The van der Waals surface area contributed by atoms with Crippen LogP contribution in [-0.2, 0) is 5.54 Å². The summed E-state index contributed by atoms with van der Waals surface area (Å²) in [7, 11) is 0. The topological polar surface area (TPSA) is 27.0 Å². The van der Waals surface area contributed by atoms with Crippen LogP contribution in [0.25, 0.3) is 0 Å².